The molecule has 0 bridgehead atoms. The standard InChI is InChI=1S/C16H19Cl2NOS/c1-4-19-15(12-9-14(17)21-16(12)18)11-8-10(3)6-7-13(11)20-5-2/h6-9,15,19H,4-5H2,1-3H3. The number of nitrogens with one attached hydrogen (secondary N) is 1. The molecule has 2 rings (SSSR count). The minimum atomic E-state index is -0.0206. The summed E-state index contributed by atoms with van der Waals surface area (Å²) in [6, 6.07) is 8.12. The zero-order valence-electron chi connectivity index (χ0n) is 12.4. The summed E-state index contributed by atoms with van der Waals surface area (Å²) in [5.74, 6) is 0.882. The summed E-state index contributed by atoms with van der Waals surface area (Å²) >= 11 is 13.8. The van der Waals surface area contributed by atoms with Gasteiger partial charge in [-0.05, 0) is 32.5 Å². The Morgan fingerprint density at radius 2 is 1.95 bits per heavy atom. The Morgan fingerprint density at radius 3 is 2.52 bits per heavy atom. The van der Waals surface area contributed by atoms with E-state index in [2.05, 4.69) is 31.3 Å². The monoisotopic (exact) mass is 343 g/mol. The normalized spacial score (nSPS) is 12.4. The minimum Gasteiger partial charge on any atom is -0.494 e. The fourth-order valence-electron chi connectivity index (χ4n) is 2.32. The topological polar surface area (TPSA) is 21.3 Å². The van der Waals surface area contributed by atoms with Gasteiger partial charge in [0.25, 0.3) is 0 Å². The first-order valence-corrected chi connectivity index (χ1v) is 8.55. The van der Waals surface area contributed by atoms with Crippen LogP contribution in [0.5, 0.6) is 5.75 Å². The molecule has 1 unspecified atom stereocenters. The lowest BCUT2D eigenvalue weighted by Crippen LogP contribution is -2.22. The van der Waals surface area contributed by atoms with E-state index in [4.69, 9.17) is 27.9 Å². The van der Waals surface area contributed by atoms with Crippen LogP contribution in [0.4, 0.5) is 0 Å². The lowest BCUT2D eigenvalue weighted by atomic mass is 9.98. The maximum atomic E-state index is 6.35. The molecule has 0 radical (unpaired) electrons. The van der Waals surface area contributed by atoms with Crippen LogP contribution in [0.25, 0.3) is 0 Å². The predicted octanol–water partition coefficient (Wildman–Crippen LogP) is 5.46. The lowest BCUT2D eigenvalue weighted by molar-refractivity contribution is 0.333. The van der Waals surface area contributed by atoms with E-state index in [1.54, 1.807) is 0 Å². The van der Waals surface area contributed by atoms with Crippen molar-refractivity contribution in [2.24, 2.45) is 0 Å². The first kappa shape index (κ1) is 16.6. The van der Waals surface area contributed by atoms with Gasteiger partial charge in [-0.2, -0.15) is 0 Å². The second-order valence-corrected chi connectivity index (χ2v) is 7.03. The molecule has 0 aliphatic heterocycles. The molecule has 114 valence electrons. The average Bonchev–Trinajstić information content (AvgIpc) is 2.77. The summed E-state index contributed by atoms with van der Waals surface area (Å²) in [7, 11) is 0. The number of ether oxygens (including phenoxy) is 1. The van der Waals surface area contributed by atoms with E-state index in [9.17, 15) is 0 Å². The Bertz CT molecular complexity index is 612. The van der Waals surface area contributed by atoms with Crippen molar-refractivity contribution in [1.29, 1.82) is 0 Å². The molecule has 0 aliphatic rings. The largest absolute Gasteiger partial charge is 0.494 e. The molecular formula is C16H19Cl2NOS. The maximum absolute atomic E-state index is 6.35. The summed E-state index contributed by atoms with van der Waals surface area (Å²) in [5, 5.41) is 3.48. The number of hydrogen-bond acceptors (Lipinski definition) is 3. The van der Waals surface area contributed by atoms with E-state index in [1.807, 2.05) is 19.1 Å². The van der Waals surface area contributed by atoms with E-state index in [-0.39, 0.29) is 6.04 Å². The van der Waals surface area contributed by atoms with Gasteiger partial charge in [0.2, 0.25) is 0 Å². The molecule has 0 saturated heterocycles. The number of halogens is 2. The van der Waals surface area contributed by atoms with Gasteiger partial charge in [-0.1, -0.05) is 47.8 Å². The third-order valence-corrected chi connectivity index (χ3v) is 4.70. The molecule has 0 aliphatic carbocycles. The van der Waals surface area contributed by atoms with Crippen molar-refractivity contribution >= 4 is 34.5 Å². The number of hydrogen-bond donors (Lipinski definition) is 1. The first-order valence-electron chi connectivity index (χ1n) is 6.98. The van der Waals surface area contributed by atoms with Crippen LogP contribution in [0.3, 0.4) is 0 Å². The summed E-state index contributed by atoms with van der Waals surface area (Å²) in [4.78, 5) is 0. The van der Waals surface area contributed by atoms with Gasteiger partial charge in [0, 0.05) is 11.1 Å². The van der Waals surface area contributed by atoms with Crippen LogP contribution >= 0.6 is 34.5 Å². The van der Waals surface area contributed by atoms with Crippen molar-refractivity contribution in [2.75, 3.05) is 13.2 Å². The van der Waals surface area contributed by atoms with E-state index in [1.165, 1.54) is 16.9 Å². The van der Waals surface area contributed by atoms with Crippen molar-refractivity contribution in [1.82, 2.24) is 5.32 Å². The fourth-order valence-corrected chi connectivity index (χ4v) is 3.85. The molecule has 1 N–H and O–H groups in total. The molecule has 2 aromatic rings. The maximum Gasteiger partial charge on any atom is 0.124 e. The second kappa shape index (κ2) is 7.50. The van der Waals surface area contributed by atoms with Crippen LogP contribution < -0.4 is 10.1 Å². The molecule has 0 fully saturated rings. The van der Waals surface area contributed by atoms with Crippen molar-refractivity contribution in [3.63, 3.8) is 0 Å². The molecule has 1 aromatic carbocycles. The fraction of sp³-hybridized carbons (Fsp3) is 0.375. The Labute approximate surface area is 140 Å². The van der Waals surface area contributed by atoms with Crippen LogP contribution in [0, 0.1) is 6.92 Å². The van der Waals surface area contributed by atoms with Crippen molar-refractivity contribution < 1.29 is 4.74 Å². The van der Waals surface area contributed by atoms with Crippen LogP contribution in [0.15, 0.2) is 24.3 Å². The summed E-state index contributed by atoms with van der Waals surface area (Å²) in [6.07, 6.45) is 0. The molecule has 1 atom stereocenters. The second-order valence-electron chi connectivity index (χ2n) is 4.74. The highest BCUT2D eigenvalue weighted by Gasteiger charge is 2.22. The Balaban J connectivity index is 2.51. The number of benzene rings is 1. The zero-order chi connectivity index (χ0) is 15.4. The quantitative estimate of drug-likeness (QED) is 0.751. The first-order chi connectivity index (χ1) is 10.1. The SMILES string of the molecule is CCNC(c1cc(C)ccc1OCC)c1cc(Cl)sc1Cl. The molecule has 0 spiro atoms. The lowest BCUT2D eigenvalue weighted by Gasteiger charge is -2.21. The van der Waals surface area contributed by atoms with Gasteiger partial charge in [-0.15, -0.1) is 11.3 Å². The Morgan fingerprint density at radius 1 is 1.19 bits per heavy atom. The van der Waals surface area contributed by atoms with E-state index >= 15 is 0 Å². The van der Waals surface area contributed by atoms with Gasteiger partial charge >= 0.3 is 0 Å². The minimum absolute atomic E-state index is 0.0206. The summed E-state index contributed by atoms with van der Waals surface area (Å²) < 4.78 is 7.19. The molecule has 0 saturated carbocycles. The number of thiophene rings is 1. The zero-order valence-corrected chi connectivity index (χ0v) is 14.7. The molecule has 0 amide bonds. The van der Waals surface area contributed by atoms with Gasteiger partial charge < -0.3 is 10.1 Å². The van der Waals surface area contributed by atoms with Crippen LogP contribution in [-0.4, -0.2) is 13.2 Å². The Kier molecular flexibility index (Phi) is 5.94. The third-order valence-electron chi connectivity index (χ3n) is 3.18. The van der Waals surface area contributed by atoms with Crippen molar-refractivity contribution in [3.05, 3.63) is 49.6 Å². The number of aryl methyl sites for hydroxylation is 1. The highest BCUT2D eigenvalue weighted by atomic mass is 35.5. The van der Waals surface area contributed by atoms with Crippen molar-refractivity contribution in [3.8, 4) is 5.75 Å². The van der Waals surface area contributed by atoms with Crippen LogP contribution in [0.2, 0.25) is 8.67 Å². The van der Waals surface area contributed by atoms with Gasteiger partial charge in [-0.25, -0.2) is 0 Å². The van der Waals surface area contributed by atoms with Gasteiger partial charge in [0.05, 0.1) is 21.3 Å². The molecule has 21 heavy (non-hydrogen) atoms. The van der Waals surface area contributed by atoms with E-state index < -0.39 is 0 Å². The molecular weight excluding hydrogens is 325 g/mol. The summed E-state index contributed by atoms with van der Waals surface area (Å²) in [6.45, 7) is 7.59. The van der Waals surface area contributed by atoms with Gasteiger partial charge in [0.15, 0.2) is 0 Å². The molecule has 1 aromatic heterocycles. The van der Waals surface area contributed by atoms with Crippen molar-refractivity contribution in [2.45, 2.75) is 26.8 Å². The van der Waals surface area contributed by atoms with E-state index in [0.717, 1.165) is 27.8 Å². The smallest absolute Gasteiger partial charge is 0.124 e. The third kappa shape index (κ3) is 3.92. The molecule has 2 nitrogen and oxygen atoms in total. The molecule has 5 heteroatoms. The highest BCUT2D eigenvalue weighted by Crippen LogP contribution is 2.40. The average molecular weight is 344 g/mol. The van der Waals surface area contributed by atoms with Gasteiger partial charge in [0.1, 0.15) is 5.75 Å². The van der Waals surface area contributed by atoms with Crippen LogP contribution in [-0.2, 0) is 0 Å². The number of rotatable bonds is 6. The molecule has 1 heterocycles. The van der Waals surface area contributed by atoms with Gasteiger partial charge in [-0.3, -0.25) is 0 Å². The van der Waals surface area contributed by atoms with E-state index in [0.29, 0.717) is 10.9 Å². The highest BCUT2D eigenvalue weighted by molar-refractivity contribution is 7.20. The summed E-state index contributed by atoms with van der Waals surface area (Å²) in [5.41, 5.74) is 3.28. The van der Waals surface area contributed by atoms with Crippen LogP contribution in [0.1, 0.15) is 36.6 Å². The Hall–Kier alpha value is -0.740. The predicted molar refractivity (Wildman–Crippen MR) is 92.2 cm³/mol.